The number of benzene rings is 3. The molecule has 0 bridgehead atoms. The lowest BCUT2D eigenvalue weighted by Gasteiger charge is -2.30. The molecule has 10 heteroatoms. The van der Waals surface area contributed by atoms with Crippen LogP contribution in [-0.2, 0) is 19.9 Å². The molecule has 1 aliphatic rings. The van der Waals surface area contributed by atoms with Crippen molar-refractivity contribution in [1.29, 1.82) is 0 Å². The number of fused-ring (bicyclic) bond motifs is 1. The van der Waals surface area contributed by atoms with E-state index < -0.39 is 32.2 Å². The van der Waals surface area contributed by atoms with E-state index in [0.29, 0.717) is 0 Å². The summed E-state index contributed by atoms with van der Waals surface area (Å²) in [5.41, 5.74) is -1.74. The third kappa shape index (κ3) is 3.50. The van der Waals surface area contributed by atoms with E-state index >= 15 is 0 Å². The fraction of sp³-hybridized carbons (Fsp3) is 0.130. The highest BCUT2D eigenvalue weighted by molar-refractivity contribution is 7.87. The van der Waals surface area contributed by atoms with Crippen LogP contribution in [0.25, 0.3) is 0 Å². The number of Topliss-reactive ketones (excluding diaryl/α,β-unsaturated/α-hetero) is 2. The zero-order valence-electron chi connectivity index (χ0n) is 17.2. The Kier molecular flexibility index (Phi) is 5.53. The lowest BCUT2D eigenvalue weighted by molar-refractivity contribution is 0.0978. The number of halogens is 2. The molecule has 3 aromatic rings. The SMILES string of the molecule is CC(=O)c1ccc2c(c1C(C)=O)S(=O)(=O)OC2(c1ccc(O)c(Cl)c1)c1ccc(O)c(Cl)c1. The van der Waals surface area contributed by atoms with Crippen molar-refractivity contribution < 1.29 is 32.4 Å². The summed E-state index contributed by atoms with van der Waals surface area (Å²) in [6, 6.07) is 10.8. The Morgan fingerprint density at radius 2 is 1.36 bits per heavy atom. The van der Waals surface area contributed by atoms with Crippen molar-refractivity contribution in [3.63, 3.8) is 0 Å². The molecule has 0 saturated carbocycles. The molecule has 0 saturated heterocycles. The number of aromatic hydroxyl groups is 2. The van der Waals surface area contributed by atoms with Gasteiger partial charge in [0.05, 0.1) is 10.0 Å². The van der Waals surface area contributed by atoms with Crippen molar-refractivity contribution in [3.05, 3.63) is 86.4 Å². The van der Waals surface area contributed by atoms with E-state index in [0.717, 1.165) is 6.92 Å². The van der Waals surface area contributed by atoms with Gasteiger partial charge in [-0.2, -0.15) is 8.42 Å². The van der Waals surface area contributed by atoms with Gasteiger partial charge in [-0.15, -0.1) is 0 Å². The van der Waals surface area contributed by atoms with Crippen molar-refractivity contribution in [2.75, 3.05) is 0 Å². The van der Waals surface area contributed by atoms with E-state index in [2.05, 4.69) is 0 Å². The molecule has 7 nitrogen and oxygen atoms in total. The van der Waals surface area contributed by atoms with Gasteiger partial charge < -0.3 is 10.2 Å². The molecule has 0 atom stereocenters. The molecule has 33 heavy (non-hydrogen) atoms. The number of hydrogen-bond donors (Lipinski definition) is 2. The Morgan fingerprint density at radius 3 is 1.79 bits per heavy atom. The zero-order chi connectivity index (χ0) is 24.3. The quantitative estimate of drug-likeness (QED) is 0.384. The predicted molar refractivity (Wildman–Crippen MR) is 121 cm³/mol. The van der Waals surface area contributed by atoms with E-state index in [1.54, 1.807) is 0 Å². The van der Waals surface area contributed by atoms with Crippen LogP contribution >= 0.6 is 23.2 Å². The molecule has 0 fully saturated rings. The van der Waals surface area contributed by atoms with Gasteiger partial charge >= 0.3 is 0 Å². The average Bonchev–Trinajstić information content (AvgIpc) is 2.99. The van der Waals surface area contributed by atoms with Crippen molar-refractivity contribution >= 4 is 44.9 Å². The van der Waals surface area contributed by atoms with Crippen LogP contribution in [0.5, 0.6) is 11.5 Å². The second kappa shape index (κ2) is 7.85. The largest absolute Gasteiger partial charge is 0.506 e. The van der Waals surface area contributed by atoms with Crippen LogP contribution in [0, 0.1) is 0 Å². The number of carbonyl (C=O) groups is 2. The fourth-order valence-electron chi connectivity index (χ4n) is 4.04. The highest BCUT2D eigenvalue weighted by Crippen LogP contribution is 2.53. The normalized spacial score (nSPS) is 15.8. The second-order valence-electron chi connectivity index (χ2n) is 7.53. The zero-order valence-corrected chi connectivity index (χ0v) is 19.5. The summed E-state index contributed by atoms with van der Waals surface area (Å²) in [6.07, 6.45) is 0. The van der Waals surface area contributed by atoms with Gasteiger partial charge in [0, 0.05) is 16.7 Å². The second-order valence-corrected chi connectivity index (χ2v) is 9.83. The summed E-state index contributed by atoms with van der Waals surface area (Å²) in [6.45, 7) is 2.38. The maximum absolute atomic E-state index is 13.4. The van der Waals surface area contributed by atoms with Gasteiger partial charge in [0.1, 0.15) is 16.4 Å². The average molecular weight is 507 g/mol. The van der Waals surface area contributed by atoms with Crippen molar-refractivity contribution in [1.82, 2.24) is 0 Å². The third-order valence-electron chi connectivity index (χ3n) is 5.46. The number of ketones is 2. The minimum absolute atomic E-state index is 0.0567. The summed E-state index contributed by atoms with van der Waals surface area (Å²) < 4.78 is 32.5. The van der Waals surface area contributed by atoms with Crippen molar-refractivity contribution in [2.24, 2.45) is 0 Å². The lowest BCUT2D eigenvalue weighted by Crippen LogP contribution is -2.29. The number of phenolic OH excluding ortho intramolecular Hbond substituents is 2. The van der Waals surface area contributed by atoms with Crippen LogP contribution in [0.2, 0.25) is 10.0 Å². The highest BCUT2D eigenvalue weighted by Gasteiger charge is 2.53. The Bertz CT molecular complexity index is 1410. The highest BCUT2D eigenvalue weighted by atomic mass is 35.5. The van der Waals surface area contributed by atoms with Gasteiger partial charge in [-0.1, -0.05) is 47.5 Å². The standard InChI is InChI=1S/C23H16Cl2O7S/c1-11(26)15-5-6-16-22(21(15)12(2)27)33(30,31)32-23(16,13-3-7-19(28)17(24)9-13)14-4-8-20(29)18(25)10-14/h3-10,28-29H,1-2H3. The molecule has 4 rings (SSSR count). The predicted octanol–water partition coefficient (Wildman–Crippen LogP) is 4.82. The number of rotatable bonds is 4. The topological polar surface area (TPSA) is 118 Å². The van der Waals surface area contributed by atoms with Crippen LogP contribution in [-0.4, -0.2) is 30.2 Å². The molecule has 0 amide bonds. The van der Waals surface area contributed by atoms with Gasteiger partial charge in [0.25, 0.3) is 10.1 Å². The van der Waals surface area contributed by atoms with Crippen molar-refractivity contribution in [3.8, 4) is 11.5 Å². The molecule has 0 spiro atoms. The van der Waals surface area contributed by atoms with Crippen LogP contribution in [0.15, 0.2) is 53.4 Å². The third-order valence-corrected chi connectivity index (χ3v) is 7.46. The minimum atomic E-state index is -4.57. The minimum Gasteiger partial charge on any atom is -0.506 e. The van der Waals surface area contributed by atoms with Gasteiger partial charge in [-0.3, -0.25) is 9.59 Å². The summed E-state index contributed by atoms with van der Waals surface area (Å²) in [7, 11) is -4.57. The number of carbonyl (C=O) groups excluding carboxylic acids is 2. The fourth-order valence-corrected chi connectivity index (χ4v) is 6.08. The molecule has 170 valence electrons. The Hall–Kier alpha value is -2.91. The molecule has 1 aliphatic heterocycles. The Balaban J connectivity index is 2.21. The van der Waals surface area contributed by atoms with Gasteiger partial charge in [-0.05, 0) is 49.2 Å². The lowest BCUT2D eigenvalue weighted by atomic mass is 9.79. The summed E-state index contributed by atoms with van der Waals surface area (Å²) in [5, 5.41) is 19.7. The molecule has 0 aliphatic carbocycles. The smallest absolute Gasteiger partial charge is 0.299 e. The van der Waals surface area contributed by atoms with E-state index in [1.807, 2.05) is 0 Å². The molecule has 0 aromatic heterocycles. The number of hydrogen-bond acceptors (Lipinski definition) is 7. The molecular formula is C23H16Cl2O7S. The molecule has 0 radical (unpaired) electrons. The van der Waals surface area contributed by atoms with Crippen LogP contribution < -0.4 is 0 Å². The summed E-state index contributed by atoms with van der Waals surface area (Å²) >= 11 is 12.3. The van der Waals surface area contributed by atoms with E-state index in [9.17, 15) is 28.2 Å². The molecule has 2 N–H and O–H groups in total. The van der Waals surface area contributed by atoms with E-state index in [-0.39, 0.29) is 49.4 Å². The van der Waals surface area contributed by atoms with Crippen LogP contribution in [0.4, 0.5) is 0 Å². The first-order valence-corrected chi connectivity index (χ1v) is 11.7. The van der Waals surface area contributed by atoms with Gasteiger partial charge in [0.2, 0.25) is 0 Å². The van der Waals surface area contributed by atoms with Gasteiger partial charge in [0.15, 0.2) is 17.2 Å². The monoisotopic (exact) mass is 506 g/mol. The Labute approximate surface area is 199 Å². The van der Waals surface area contributed by atoms with E-state index in [1.165, 1.54) is 55.5 Å². The van der Waals surface area contributed by atoms with Crippen LogP contribution in [0.3, 0.4) is 0 Å². The maximum Gasteiger partial charge on any atom is 0.299 e. The molecule has 0 unspecified atom stereocenters. The van der Waals surface area contributed by atoms with Crippen LogP contribution in [0.1, 0.15) is 51.3 Å². The molecular weight excluding hydrogens is 491 g/mol. The summed E-state index contributed by atoms with van der Waals surface area (Å²) in [4.78, 5) is 24.3. The van der Waals surface area contributed by atoms with Gasteiger partial charge in [-0.25, -0.2) is 4.18 Å². The molecule has 1 heterocycles. The Morgan fingerprint density at radius 1 is 0.848 bits per heavy atom. The first kappa shape index (κ1) is 23.3. The first-order chi connectivity index (χ1) is 15.4. The maximum atomic E-state index is 13.4. The summed E-state index contributed by atoms with van der Waals surface area (Å²) in [5.74, 6) is -1.60. The molecule has 3 aromatic carbocycles. The van der Waals surface area contributed by atoms with E-state index in [4.69, 9.17) is 27.4 Å². The van der Waals surface area contributed by atoms with Crippen molar-refractivity contribution in [2.45, 2.75) is 24.3 Å². The first-order valence-electron chi connectivity index (χ1n) is 9.53. The number of phenols is 2.